The predicted octanol–water partition coefficient (Wildman–Crippen LogP) is 0.789. The lowest BCUT2D eigenvalue weighted by Gasteiger charge is -2.18. The van der Waals surface area contributed by atoms with Crippen LogP contribution < -0.4 is 0 Å². The molecule has 0 bridgehead atoms. The van der Waals surface area contributed by atoms with Crippen molar-refractivity contribution in [3.63, 3.8) is 0 Å². The summed E-state index contributed by atoms with van der Waals surface area (Å²) in [6, 6.07) is 0. The van der Waals surface area contributed by atoms with Gasteiger partial charge in [0.15, 0.2) is 0 Å². The summed E-state index contributed by atoms with van der Waals surface area (Å²) in [5, 5.41) is 11.2. The van der Waals surface area contributed by atoms with E-state index in [1.165, 1.54) is 6.42 Å². The molecule has 7 heteroatoms. The Morgan fingerprint density at radius 2 is 2.40 bits per heavy atom. The van der Waals surface area contributed by atoms with Gasteiger partial charge in [0.1, 0.15) is 5.82 Å². The lowest BCUT2D eigenvalue weighted by Crippen LogP contribution is -2.29. The Balaban J connectivity index is 1.62. The molecule has 1 atom stereocenters. The van der Waals surface area contributed by atoms with Crippen molar-refractivity contribution in [2.75, 3.05) is 20.2 Å². The number of aryl methyl sites for hydroxylation is 2. The highest BCUT2D eigenvalue weighted by Crippen LogP contribution is 2.16. The van der Waals surface area contributed by atoms with E-state index in [2.05, 4.69) is 15.5 Å². The minimum Gasteiger partial charge on any atom is -0.378 e. The van der Waals surface area contributed by atoms with Crippen molar-refractivity contribution < 1.29 is 9.53 Å². The number of ether oxygens (including phenoxy) is 1. The first kappa shape index (κ1) is 14.9. The first-order chi connectivity index (χ1) is 9.66. The van der Waals surface area contributed by atoms with E-state index >= 15 is 0 Å². The molecule has 112 valence electrons. The van der Waals surface area contributed by atoms with Gasteiger partial charge in [-0.3, -0.25) is 4.79 Å². The SMILES string of the molecule is Cc1nnnn1CCC(=O)N(C)CCC[C@@H]1CCCO1. The van der Waals surface area contributed by atoms with E-state index in [0.717, 1.165) is 38.2 Å². The van der Waals surface area contributed by atoms with Crippen molar-refractivity contribution in [1.82, 2.24) is 25.1 Å². The van der Waals surface area contributed by atoms with Gasteiger partial charge in [-0.25, -0.2) is 4.68 Å². The van der Waals surface area contributed by atoms with Crippen molar-refractivity contribution in [3.8, 4) is 0 Å². The van der Waals surface area contributed by atoms with Crippen molar-refractivity contribution in [2.24, 2.45) is 0 Å². The third-order valence-corrected chi connectivity index (χ3v) is 3.72. The number of carbonyl (C=O) groups excluding carboxylic acids is 1. The van der Waals surface area contributed by atoms with Gasteiger partial charge in [-0.05, 0) is 43.0 Å². The molecule has 20 heavy (non-hydrogen) atoms. The van der Waals surface area contributed by atoms with Crippen molar-refractivity contribution in [2.45, 2.75) is 51.7 Å². The highest BCUT2D eigenvalue weighted by atomic mass is 16.5. The van der Waals surface area contributed by atoms with Crippen LogP contribution in [-0.4, -0.2) is 57.3 Å². The van der Waals surface area contributed by atoms with Gasteiger partial charge in [0, 0.05) is 26.6 Å². The van der Waals surface area contributed by atoms with E-state index in [9.17, 15) is 4.79 Å². The maximum Gasteiger partial charge on any atom is 0.224 e. The van der Waals surface area contributed by atoms with Gasteiger partial charge in [-0.15, -0.1) is 5.10 Å². The van der Waals surface area contributed by atoms with Crippen molar-refractivity contribution in [1.29, 1.82) is 0 Å². The fourth-order valence-corrected chi connectivity index (χ4v) is 2.40. The summed E-state index contributed by atoms with van der Waals surface area (Å²) in [5.74, 6) is 0.867. The highest BCUT2D eigenvalue weighted by Gasteiger charge is 2.16. The molecule has 2 rings (SSSR count). The minimum absolute atomic E-state index is 0.132. The minimum atomic E-state index is 0.132. The molecule has 1 amide bonds. The number of nitrogens with zero attached hydrogens (tertiary/aromatic N) is 5. The number of tetrazole rings is 1. The fourth-order valence-electron chi connectivity index (χ4n) is 2.40. The van der Waals surface area contributed by atoms with Crippen LogP contribution in [0.4, 0.5) is 0 Å². The third kappa shape index (κ3) is 4.26. The number of hydrogen-bond donors (Lipinski definition) is 0. The van der Waals surface area contributed by atoms with E-state index in [0.29, 0.717) is 19.1 Å². The second-order valence-electron chi connectivity index (χ2n) is 5.29. The standard InChI is InChI=1S/C13H23N5O2/c1-11-14-15-16-18(11)9-7-13(19)17(2)8-3-5-12-6-4-10-20-12/h12H,3-10H2,1-2H3/t12-/m1/s1. The molecule has 0 radical (unpaired) electrons. The van der Waals surface area contributed by atoms with Gasteiger partial charge in [0.25, 0.3) is 0 Å². The summed E-state index contributed by atoms with van der Waals surface area (Å²) < 4.78 is 7.23. The van der Waals surface area contributed by atoms with Gasteiger partial charge in [0.05, 0.1) is 12.6 Å². The van der Waals surface area contributed by atoms with Crippen molar-refractivity contribution in [3.05, 3.63) is 5.82 Å². The summed E-state index contributed by atoms with van der Waals surface area (Å²) in [4.78, 5) is 13.8. The van der Waals surface area contributed by atoms with Crippen LogP contribution in [0.2, 0.25) is 0 Å². The van der Waals surface area contributed by atoms with Gasteiger partial charge in [-0.2, -0.15) is 0 Å². The third-order valence-electron chi connectivity index (χ3n) is 3.72. The summed E-state index contributed by atoms with van der Waals surface area (Å²) in [7, 11) is 1.85. The summed E-state index contributed by atoms with van der Waals surface area (Å²) in [6.07, 6.45) is 5.21. The number of amides is 1. The van der Waals surface area contributed by atoms with Crippen LogP contribution in [0.25, 0.3) is 0 Å². The Labute approximate surface area is 119 Å². The summed E-state index contributed by atoms with van der Waals surface area (Å²) in [5.41, 5.74) is 0. The Morgan fingerprint density at radius 3 is 3.05 bits per heavy atom. The van der Waals surface area contributed by atoms with Gasteiger partial charge in [0.2, 0.25) is 5.91 Å². The quantitative estimate of drug-likeness (QED) is 0.739. The van der Waals surface area contributed by atoms with E-state index in [4.69, 9.17) is 4.74 Å². The lowest BCUT2D eigenvalue weighted by atomic mass is 10.1. The number of rotatable bonds is 7. The monoisotopic (exact) mass is 281 g/mol. The Kier molecular flexibility index (Phi) is 5.46. The molecule has 1 aromatic rings. The molecular formula is C13H23N5O2. The normalized spacial score (nSPS) is 18.4. The van der Waals surface area contributed by atoms with Crippen LogP contribution in [0, 0.1) is 6.92 Å². The Morgan fingerprint density at radius 1 is 1.55 bits per heavy atom. The molecule has 0 spiro atoms. The molecular weight excluding hydrogens is 258 g/mol. The maximum absolute atomic E-state index is 12.0. The molecule has 1 saturated heterocycles. The zero-order valence-electron chi connectivity index (χ0n) is 12.3. The Hall–Kier alpha value is -1.50. The Bertz CT molecular complexity index is 428. The van der Waals surface area contributed by atoms with Crippen molar-refractivity contribution >= 4 is 5.91 Å². The molecule has 0 N–H and O–H groups in total. The average molecular weight is 281 g/mol. The topological polar surface area (TPSA) is 73.1 Å². The predicted molar refractivity (Wildman–Crippen MR) is 73.0 cm³/mol. The zero-order chi connectivity index (χ0) is 14.4. The van der Waals surface area contributed by atoms with E-state index < -0.39 is 0 Å². The second-order valence-corrected chi connectivity index (χ2v) is 5.29. The van der Waals surface area contributed by atoms with E-state index in [-0.39, 0.29) is 5.91 Å². The zero-order valence-corrected chi connectivity index (χ0v) is 12.3. The van der Waals surface area contributed by atoms with Crippen LogP contribution in [0.5, 0.6) is 0 Å². The molecule has 0 aliphatic carbocycles. The van der Waals surface area contributed by atoms with E-state index in [1.807, 2.05) is 14.0 Å². The maximum atomic E-state index is 12.0. The number of aromatic nitrogens is 4. The molecule has 0 saturated carbocycles. The average Bonchev–Trinajstić information content (AvgIpc) is 3.07. The molecule has 7 nitrogen and oxygen atoms in total. The summed E-state index contributed by atoms with van der Waals surface area (Å²) >= 11 is 0. The van der Waals surface area contributed by atoms with E-state index in [1.54, 1.807) is 9.58 Å². The largest absolute Gasteiger partial charge is 0.378 e. The van der Waals surface area contributed by atoms with Crippen LogP contribution in [0.15, 0.2) is 0 Å². The van der Waals surface area contributed by atoms with Gasteiger partial charge in [-0.1, -0.05) is 0 Å². The smallest absolute Gasteiger partial charge is 0.224 e. The second kappa shape index (κ2) is 7.33. The highest BCUT2D eigenvalue weighted by molar-refractivity contribution is 5.75. The first-order valence-corrected chi connectivity index (χ1v) is 7.25. The van der Waals surface area contributed by atoms with Crippen LogP contribution in [0.3, 0.4) is 0 Å². The number of carbonyl (C=O) groups is 1. The van der Waals surface area contributed by atoms with Crippen LogP contribution in [0.1, 0.15) is 37.9 Å². The molecule has 1 aromatic heterocycles. The van der Waals surface area contributed by atoms with Crippen LogP contribution in [-0.2, 0) is 16.1 Å². The van der Waals surface area contributed by atoms with Gasteiger partial charge < -0.3 is 9.64 Å². The molecule has 0 aromatic carbocycles. The molecule has 2 heterocycles. The molecule has 0 unspecified atom stereocenters. The first-order valence-electron chi connectivity index (χ1n) is 7.25. The lowest BCUT2D eigenvalue weighted by molar-refractivity contribution is -0.130. The van der Waals surface area contributed by atoms with Crippen LogP contribution >= 0.6 is 0 Å². The van der Waals surface area contributed by atoms with Gasteiger partial charge >= 0.3 is 0 Å². The fraction of sp³-hybridized carbons (Fsp3) is 0.846. The molecule has 1 fully saturated rings. The molecule has 1 aliphatic rings. The molecule has 1 aliphatic heterocycles. The summed E-state index contributed by atoms with van der Waals surface area (Å²) in [6.45, 7) is 4.04. The number of hydrogen-bond acceptors (Lipinski definition) is 5.